The van der Waals surface area contributed by atoms with Crippen molar-refractivity contribution in [2.45, 2.75) is 38.1 Å². The highest BCUT2D eigenvalue weighted by Crippen LogP contribution is 2.30. The van der Waals surface area contributed by atoms with Gasteiger partial charge in [-0.3, -0.25) is 9.78 Å². The summed E-state index contributed by atoms with van der Waals surface area (Å²) < 4.78 is 46.1. The van der Waals surface area contributed by atoms with Gasteiger partial charge < -0.3 is 14.4 Å². The molecule has 164 valence electrons. The Balaban J connectivity index is 1.67. The summed E-state index contributed by atoms with van der Waals surface area (Å²) >= 11 is 0. The molecule has 0 radical (unpaired) electrons. The van der Waals surface area contributed by atoms with Crippen molar-refractivity contribution < 1.29 is 23.0 Å². The molecule has 0 spiro atoms. The Hall–Kier alpha value is -3.13. The van der Waals surface area contributed by atoms with Gasteiger partial charge in [-0.05, 0) is 60.7 Å². The zero-order valence-electron chi connectivity index (χ0n) is 17.1. The van der Waals surface area contributed by atoms with Crippen LogP contribution in [0.4, 0.5) is 13.2 Å². The maximum atomic E-state index is 13.1. The molecule has 3 aromatic rings. The van der Waals surface area contributed by atoms with E-state index in [0.717, 1.165) is 16.2 Å². The first-order valence-corrected chi connectivity index (χ1v) is 9.77. The Kier molecular flexibility index (Phi) is 6.80. The number of aromatic nitrogens is 2. The molecule has 0 bridgehead atoms. The lowest BCUT2D eigenvalue weighted by Crippen LogP contribution is -2.29. The molecular weight excluding hydrogens is 409 g/mol. The highest BCUT2D eigenvalue weighted by Gasteiger charge is 2.34. The number of aliphatic hydroxyl groups excluding tert-OH is 1. The number of hydrogen-bond donors (Lipinski definition) is 1. The molecule has 2 aromatic heterocycles. The summed E-state index contributed by atoms with van der Waals surface area (Å²) in [6.45, 7) is 1.75. The molecule has 31 heavy (non-hydrogen) atoms. The number of hydrogen-bond acceptors (Lipinski definition) is 4. The van der Waals surface area contributed by atoms with E-state index in [-0.39, 0.29) is 5.56 Å². The summed E-state index contributed by atoms with van der Waals surface area (Å²) in [5.74, 6) is 0.484. The second-order valence-corrected chi connectivity index (χ2v) is 7.37. The third-order valence-corrected chi connectivity index (χ3v) is 4.99. The second-order valence-electron chi connectivity index (χ2n) is 7.37. The lowest BCUT2D eigenvalue weighted by Gasteiger charge is -2.21. The van der Waals surface area contributed by atoms with E-state index in [1.807, 2.05) is 12.1 Å². The number of benzene rings is 1. The van der Waals surface area contributed by atoms with Crippen LogP contribution in [0.25, 0.3) is 11.1 Å². The third-order valence-electron chi connectivity index (χ3n) is 4.99. The molecule has 0 aliphatic rings. The summed E-state index contributed by atoms with van der Waals surface area (Å²) in [6, 6.07) is 11.1. The van der Waals surface area contributed by atoms with Crippen molar-refractivity contribution in [3.05, 3.63) is 82.5 Å². The number of rotatable bonds is 7. The molecular formula is C23H23F3N2O3. The van der Waals surface area contributed by atoms with E-state index in [4.69, 9.17) is 4.74 Å². The molecule has 1 N–H and O–H groups in total. The Morgan fingerprint density at radius 2 is 1.87 bits per heavy atom. The van der Waals surface area contributed by atoms with Crippen LogP contribution in [-0.4, -0.2) is 26.9 Å². The summed E-state index contributed by atoms with van der Waals surface area (Å²) in [5, 5.41) is 10.4. The number of aliphatic hydroxyl groups is 1. The maximum Gasteiger partial charge on any atom is 0.421 e. The molecule has 1 unspecified atom stereocenters. The molecule has 0 amide bonds. The predicted octanol–water partition coefficient (Wildman–Crippen LogP) is 4.23. The fraction of sp³-hybridized carbons (Fsp3) is 0.304. The SMILES string of the molecule is C[C@H](Oc1ccc(-c2cc(C(F)(F)F)c(=O)n(C)c2)cc1)C(O)CCc1cccnc1. The van der Waals surface area contributed by atoms with Crippen LogP contribution in [0.3, 0.4) is 0 Å². The van der Waals surface area contributed by atoms with Gasteiger partial charge in [-0.1, -0.05) is 18.2 Å². The van der Waals surface area contributed by atoms with Gasteiger partial charge in [0.05, 0.1) is 6.10 Å². The minimum atomic E-state index is -4.73. The summed E-state index contributed by atoms with van der Waals surface area (Å²) in [6.07, 6.45) is 0.0661. The largest absolute Gasteiger partial charge is 0.488 e. The van der Waals surface area contributed by atoms with Crippen molar-refractivity contribution in [2.75, 3.05) is 0 Å². The third kappa shape index (κ3) is 5.73. The van der Waals surface area contributed by atoms with Crippen LogP contribution in [0.5, 0.6) is 5.75 Å². The van der Waals surface area contributed by atoms with Crippen LogP contribution >= 0.6 is 0 Å². The number of pyridine rings is 2. The van der Waals surface area contributed by atoms with Crippen LogP contribution in [-0.2, 0) is 19.6 Å². The second kappa shape index (κ2) is 9.34. The lowest BCUT2D eigenvalue weighted by molar-refractivity contribution is -0.138. The van der Waals surface area contributed by atoms with Gasteiger partial charge in [-0.15, -0.1) is 0 Å². The molecule has 2 atom stereocenters. The molecule has 0 aliphatic heterocycles. The summed E-state index contributed by atoms with van der Waals surface area (Å²) in [7, 11) is 1.28. The highest BCUT2D eigenvalue weighted by molar-refractivity contribution is 5.64. The maximum absolute atomic E-state index is 13.1. The highest BCUT2D eigenvalue weighted by atomic mass is 19.4. The molecule has 0 aliphatic carbocycles. The molecule has 1 aromatic carbocycles. The van der Waals surface area contributed by atoms with Gasteiger partial charge in [0, 0.05) is 25.6 Å². The van der Waals surface area contributed by atoms with Gasteiger partial charge in [-0.25, -0.2) is 0 Å². The van der Waals surface area contributed by atoms with Gasteiger partial charge in [0.15, 0.2) is 0 Å². The van der Waals surface area contributed by atoms with E-state index in [2.05, 4.69) is 4.98 Å². The van der Waals surface area contributed by atoms with E-state index >= 15 is 0 Å². The van der Waals surface area contributed by atoms with Gasteiger partial charge in [0.2, 0.25) is 0 Å². The molecule has 5 nitrogen and oxygen atoms in total. The van der Waals surface area contributed by atoms with Gasteiger partial charge in [-0.2, -0.15) is 13.2 Å². The average molecular weight is 432 g/mol. The minimum Gasteiger partial charge on any atom is -0.488 e. The van der Waals surface area contributed by atoms with E-state index in [0.29, 0.717) is 24.2 Å². The zero-order chi connectivity index (χ0) is 22.6. The van der Waals surface area contributed by atoms with E-state index < -0.39 is 29.5 Å². The van der Waals surface area contributed by atoms with E-state index in [1.54, 1.807) is 43.6 Å². The van der Waals surface area contributed by atoms with Crippen molar-refractivity contribution in [1.82, 2.24) is 9.55 Å². The Morgan fingerprint density at radius 3 is 2.48 bits per heavy atom. The average Bonchev–Trinajstić information content (AvgIpc) is 2.74. The molecule has 0 fully saturated rings. The molecule has 8 heteroatoms. The topological polar surface area (TPSA) is 64.3 Å². The van der Waals surface area contributed by atoms with E-state index in [9.17, 15) is 23.1 Å². The Morgan fingerprint density at radius 1 is 1.16 bits per heavy atom. The number of ether oxygens (including phenoxy) is 1. The van der Waals surface area contributed by atoms with Gasteiger partial charge >= 0.3 is 6.18 Å². The smallest absolute Gasteiger partial charge is 0.421 e. The Bertz CT molecular complexity index is 1060. The van der Waals surface area contributed by atoms with Crippen molar-refractivity contribution in [1.29, 1.82) is 0 Å². The van der Waals surface area contributed by atoms with Crippen molar-refractivity contribution in [3.8, 4) is 16.9 Å². The molecule has 3 rings (SSSR count). The number of nitrogens with zero attached hydrogens (tertiary/aromatic N) is 2. The van der Waals surface area contributed by atoms with Crippen LogP contribution < -0.4 is 10.3 Å². The fourth-order valence-electron chi connectivity index (χ4n) is 3.19. The summed E-state index contributed by atoms with van der Waals surface area (Å²) in [4.78, 5) is 15.8. The van der Waals surface area contributed by atoms with Gasteiger partial charge in [0.1, 0.15) is 17.4 Å². The minimum absolute atomic E-state index is 0.269. The summed E-state index contributed by atoms with van der Waals surface area (Å²) in [5.41, 5.74) is -0.499. The van der Waals surface area contributed by atoms with Crippen molar-refractivity contribution in [2.24, 2.45) is 7.05 Å². The van der Waals surface area contributed by atoms with Crippen LogP contribution in [0.1, 0.15) is 24.5 Å². The molecule has 0 saturated heterocycles. The van der Waals surface area contributed by atoms with Gasteiger partial charge in [0.25, 0.3) is 5.56 Å². The van der Waals surface area contributed by atoms with Crippen molar-refractivity contribution in [3.63, 3.8) is 0 Å². The number of alkyl halides is 3. The van der Waals surface area contributed by atoms with Crippen LogP contribution in [0.2, 0.25) is 0 Å². The standard InChI is InChI=1S/C23H23F3N2O3/c1-15(21(29)10-5-16-4-3-11-27-13-16)31-19-8-6-17(7-9-19)18-12-20(23(24,25)26)22(30)28(2)14-18/h3-4,6-9,11-15,21,29H,5,10H2,1-2H3/t15-,21?/m0/s1. The quantitative estimate of drug-likeness (QED) is 0.607. The molecule has 2 heterocycles. The Labute approximate surface area is 177 Å². The van der Waals surface area contributed by atoms with Crippen LogP contribution in [0, 0.1) is 0 Å². The fourth-order valence-corrected chi connectivity index (χ4v) is 3.19. The lowest BCUT2D eigenvalue weighted by atomic mass is 10.0. The number of aryl methyl sites for hydroxylation is 2. The zero-order valence-corrected chi connectivity index (χ0v) is 17.1. The van der Waals surface area contributed by atoms with Crippen molar-refractivity contribution >= 4 is 0 Å². The first-order valence-electron chi connectivity index (χ1n) is 9.77. The first-order chi connectivity index (χ1) is 14.6. The van der Waals surface area contributed by atoms with E-state index in [1.165, 1.54) is 13.2 Å². The monoisotopic (exact) mass is 432 g/mol. The number of halogens is 3. The normalized spacial score (nSPS) is 13.6. The molecule has 0 saturated carbocycles. The first kappa shape index (κ1) is 22.6. The predicted molar refractivity (Wildman–Crippen MR) is 111 cm³/mol. The van der Waals surface area contributed by atoms with Crippen LogP contribution in [0.15, 0.2) is 65.8 Å².